The molecule has 0 aliphatic heterocycles. The van der Waals surface area contributed by atoms with Crippen molar-refractivity contribution in [3.05, 3.63) is 0 Å². The molecular formula is C14H15Cl39O. The van der Waals surface area contributed by atoms with Gasteiger partial charge in [-0.2, -0.15) is 0 Å². The summed E-state index contributed by atoms with van der Waals surface area (Å²) in [5.74, 6) is 0. The van der Waals surface area contributed by atoms with Crippen LogP contribution in [0.15, 0.2) is 0 Å². The van der Waals surface area contributed by atoms with Gasteiger partial charge in [-0.25, -0.2) is 0 Å². The van der Waals surface area contributed by atoms with Crippen molar-refractivity contribution in [2.45, 2.75) is 55.3 Å². The maximum absolute atomic E-state index is 8.01. The molecule has 0 aliphatic carbocycles. The average Bonchev–Trinajstić information content (AvgIpc) is 2.74. The molecule has 54 heavy (non-hydrogen) atoms. The van der Waals surface area contributed by atoms with E-state index in [0.717, 1.165) is 0 Å². The van der Waals surface area contributed by atoms with Gasteiger partial charge >= 0.3 is 0 Å². The molecule has 0 amide bonds. The Labute approximate surface area is 510 Å². The normalized spacial score (nSPS) is 9.33. The summed E-state index contributed by atoms with van der Waals surface area (Å²) in [5.41, 5.74) is 0. The van der Waals surface area contributed by atoms with Crippen LogP contribution in [0.1, 0.15) is 0 Å². The molecule has 0 fully saturated rings. The van der Waals surface area contributed by atoms with Crippen LogP contribution >= 0.6 is 452 Å². The van der Waals surface area contributed by atoms with Crippen molar-refractivity contribution in [1.29, 1.82) is 0 Å². The zero-order valence-electron chi connectivity index (χ0n) is 23.3. The lowest BCUT2D eigenvalue weighted by atomic mass is 10.9. The van der Waals surface area contributed by atoms with Gasteiger partial charge in [-0.1, -0.05) is 452 Å². The number of hydrogen-bond donors (Lipinski definition) is 1. The molecule has 1 nitrogen and oxygen atoms in total. The summed E-state index contributed by atoms with van der Waals surface area (Å²) in [6.07, 6.45) is 0. The molecule has 0 rings (SSSR count). The fourth-order valence-electron chi connectivity index (χ4n) is 0. The van der Waals surface area contributed by atoms with Gasteiger partial charge in [0.15, 0.2) is 51.5 Å². The molecule has 0 unspecified atom stereocenters. The second-order valence-corrected chi connectivity index (χ2v) is 30.0. The zero-order valence-corrected chi connectivity index (χ0v) is 52.8. The fraction of sp³-hybridized carbons (Fsp3) is 1.00. The SMILES string of the molecule is ClC(Cl)Cl.ClC(Cl)Cl.ClC(Cl)Cl.ClC(Cl)Cl.ClC(Cl)Cl.ClC(Cl)Cl.ClC(Cl)Cl.ClC(Cl)Cl.ClC(Cl)Cl.ClC(Cl)Cl.ClC(Cl)Cl.ClC(Cl)Cl.OCC(Cl)(Cl)Cl. The number of aliphatic hydroxyl groups is 1. The second-order valence-electron chi connectivity index (χ2n) is 3.74. The topological polar surface area (TPSA) is 20.2 Å². The minimum absolute atomic E-state index is 0.433. The van der Waals surface area contributed by atoms with Crippen molar-refractivity contribution in [2.24, 2.45) is 0 Å². The third-order valence-electron chi connectivity index (χ3n) is 0.179. The first-order valence-electron chi connectivity index (χ1n) is 9.09. The first-order chi connectivity index (χ1) is 23.3. The molecular weight excluding hydrogens is 1570 g/mol. The molecule has 0 heterocycles. The lowest BCUT2D eigenvalue weighted by Gasteiger charge is -2.01. The number of rotatable bonds is 0. The van der Waals surface area contributed by atoms with Gasteiger partial charge in [-0.3, -0.25) is 0 Å². The van der Waals surface area contributed by atoms with Crippen LogP contribution in [0.5, 0.6) is 0 Å². The summed E-state index contributed by atoms with van der Waals surface area (Å²) in [6.45, 7) is -0.433. The van der Waals surface area contributed by atoms with Gasteiger partial charge in [0.25, 0.3) is 0 Å². The van der Waals surface area contributed by atoms with Crippen molar-refractivity contribution in [2.75, 3.05) is 6.61 Å². The van der Waals surface area contributed by atoms with Crippen molar-refractivity contribution < 1.29 is 5.11 Å². The Kier molecular flexibility index (Phi) is 160. The van der Waals surface area contributed by atoms with Crippen LogP contribution in [0.4, 0.5) is 0 Å². The predicted octanol–water partition coefficient (Wildman–Crippen LogP) is 25.2. The van der Waals surface area contributed by atoms with Gasteiger partial charge in [0.2, 0.25) is 3.79 Å². The molecule has 0 aliphatic rings. The molecule has 1 N–H and O–H groups in total. The zero-order chi connectivity index (χ0) is 48.1. The maximum atomic E-state index is 8.01. The highest BCUT2D eigenvalue weighted by atomic mass is 35.6. The predicted molar refractivity (Wildman–Crippen MR) is 284 cm³/mol. The summed E-state index contributed by atoms with van der Waals surface area (Å²) in [5, 5.41) is 8.01. The summed E-state index contributed by atoms with van der Waals surface area (Å²) >= 11 is 188. The number of aliphatic hydroxyl groups excluding tert-OH is 1. The molecule has 0 aromatic rings. The number of alkyl halides is 39. The minimum Gasteiger partial charge on any atom is -0.392 e. The number of hydrogen-bond acceptors (Lipinski definition) is 1. The molecule has 0 aromatic heterocycles. The van der Waals surface area contributed by atoms with Gasteiger partial charge in [-0.15, -0.1) is 0 Å². The van der Waals surface area contributed by atoms with Crippen molar-refractivity contribution in [1.82, 2.24) is 0 Å². The van der Waals surface area contributed by atoms with Gasteiger partial charge in [0.05, 0.1) is 6.61 Å². The van der Waals surface area contributed by atoms with Crippen LogP contribution in [0.25, 0.3) is 0 Å². The molecule has 0 saturated heterocycles. The van der Waals surface area contributed by atoms with Gasteiger partial charge in [-0.05, 0) is 0 Å². The third kappa shape index (κ3) is 1200. The van der Waals surface area contributed by atoms with Crippen LogP contribution < -0.4 is 0 Å². The van der Waals surface area contributed by atoms with Gasteiger partial charge in [0, 0.05) is 0 Å². The first-order valence-corrected chi connectivity index (χ1v) is 25.9. The van der Waals surface area contributed by atoms with Gasteiger partial charge in [0.1, 0.15) is 0 Å². The molecule has 0 atom stereocenters. The molecule has 350 valence electrons. The standard InChI is InChI=1S/C2H3Cl3O.12CHCl3/c3-2(4,5)1-6;12*2-1(3)4/h6H,1H2;12*1H. The van der Waals surface area contributed by atoms with Crippen LogP contribution in [0.2, 0.25) is 0 Å². The maximum Gasteiger partial charge on any atom is 0.213 e. The Bertz CT molecular complexity index is 322. The van der Waals surface area contributed by atoms with Crippen LogP contribution in [-0.4, -0.2) is 67.1 Å². The highest BCUT2D eigenvalue weighted by Crippen LogP contribution is 2.24. The van der Waals surface area contributed by atoms with E-state index in [9.17, 15) is 0 Å². The summed E-state index contributed by atoms with van der Waals surface area (Å²) in [6, 6.07) is 0. The Balaban J connectivity index is -0.0000000307. The smallest absolute Gasteiger partial charge is 0.213 e. The highest BCUT2D eigenvalue weighted by Gasteiger charge is 2.16. The van der Waals surface area contributed by atoms with E-state index in [1.54, 1.807) is 0 Å². The third-order valence-corrected chi connectivity index (χ3v) is 0.538. The van der Waals surface area contributed by atoms with E-state index >= 15 is 0 Å². The summed E-state index contributed by atoms with van der Waals surface area (Å²) in [7, 11) is 0. The monoisotopic (exact) mass is 1560 g/mol. The second kappa shape index (κ2) is 87.4. The van der Waals surface area contributed by atoms with E-state index in [2.05, 4.69) is 0 Å². The Morgan fingerprint density at radius 1 is 0.204 bits per heavy atom. The molecule has 0 bridgehead atoms. The van der Waals surface area contributed by atoms with E-state index in [0.29, 0.717) is 0 Å². The van der Waals surface area contributed by atoms with Crippen molar-refractivity contribution in [3.63, 3.8) is 0 Å². The average molecular weight is 1580 g/mol. The highest BCUT2D eigenvalue weighted by molar-refractivity contribution is 6.69. The molecule has 40 heteroatoms. The van der Waals surface area contributed by atoms with Crippen molar-refractivity contribution >= 4 is 452 Å². The Hall–Kier alpha value is 11.3. The molecule has 0 spiro atoms. The van der Waals surface area contributed by atoms with E-state index in [1.165, 1.54) is 0 Å². The largest absolute Gasteiger partial charge is 0.392 e. The summed E-state index contributed by atoms with van der Waals surface area (Å²) < 4.78 is -10.5. The van der Waals surface area contributed by atoms with Gasteiger partial charge < -0.3 is 5.11 Å². The fourth-order valence-corrected chi connectivity index (χ4v) is 0. The lowest BCUT2D eigenvalue weighted by Crippen LogP contribution is -2.06. The van der Waals surface area contributed by atoms with E-state index in [1.807, 2.05) is 0 Å². The molecule has 0 radical (unpaired) electrons. The number of halogens is 39. The van der Waals surface area contributed by atoms with Crippen LogP contribution in [0.3, 0.4) is 0 Å². The van der Waals surface area contributed by atoms with E-state index in [-0.39, 0.29) is 0 Å². The minimum atomic E-state index is -1.49. The van der Waals surface area contributed by atoms with Crippen molar-refractivity contribution in [3.8, 4) is 0 Å². The Morgan fingerprint density at radius 2 is 0.222 bits per heavy atom. The summed E-state index contributed by atoms with van der Waals surface area (Å²) in [4.78, 5) is 0. The quantitative estimate of drug-likeness (QED) is 0.240. The van der Waals surface area contributed by atoms with Crippen LogP contribution in [-0.2, 0) is 0 Å². The lowest BCUT2D eigenvalue weighted by molar-refractivity contribution is 0.303. The molecule has 0 saturated carbocycles. The van der Waals surface area contributed by atoms with E-state index < -0.39 is 61.9 Å². The first kappa shape index (κ1) is 98.7. The van der Waals surface area contributed by atoms with E-state index in [4.69, 9.17) is 458 Å². The molecule has 0 aromatic carbocycles. The van der Waals surface area contributed by atoms with Crippen LogP contribution in [0, 0.1) is 0 Å². The Morgan fingerprint density at radius 3 is 0.222 bits per heavy atom.